The SMILES string of the molecule is CCOc1c(Br)cc(Cl)cc1NCc1cc(C(=O)O)cs1. The molecule has 0 amide bonds. The number of hydrogen-bond donors (Lipinski definition) is 2. The van der Waals surface area contributed by atoms with Gasteiger partial charge in [-0.1, -0.05) is 11.6 Å². The van der Waals surface area contributed by atoms with Crippen molar-refractivity contribution in [2.45, 2.75) is 13.5 Å². The second-order valence-electron chi connectivity index (χ2n) is 4.16. The molecule has 2 N–H and O–H groups in total. The summed E-state index contributed by atoms with van der Waals surface area (Å²) in [6.07, 6.45) is 0. The van der Waals surface area contributed by atoms with E-state index in [4.69, 9.17) is 21.4 Å². The van der Waals surface area contributed by atoms with Crippen molar-refractivity contribution in [3.8, 4) is 5.75 Å². The minimum Gasteiger partial charge on any atom is -0.491 e. The van der Waals surface area contributed by atoms with E-state index >= 15 is 0 Å². The molecule has 1 aromatic heterocycles. The highest BCUT2D eigenvalue weighted by Gasteiger charge is 2.11. The second-order valence-corrected chi connectivity index (χ2v) is 6.44. The number of ether oxygens (including phenoxy) is 1. The van der Waals surface area contributed by atoms with Gasteiger partial charge >= 0.3 is 5.97 Å². The summed E-state index contributed by atoms with van der Waals surface area (Å²) >= 11 is 10.9. The Balaban J connectivity index is 2.16. The first-order valence-corrected chi connectivity index (χ1v) is 8.22. The number of rotatable bonds is 6. The lowest BCUT2D eigenvalue weighted by Gasteiger charge is -2.14. The molecular formula is C14H13BrClNO3S. The maximum atomic E-state index is 10.9. The second kappa shape index (κ2) is 7.15. The molecule has 0 saturated heterocycles. The van der Waals surface area contributed by atoms with Crippen LogP contribution in [0.25, 0.3) is 0 Å². The van der Waals surface area contributed by atoms with Gasteiger partial charge in [0.2, 0.25) is 0 Å². The molecule has 0 atom stereocenters. The summed E-state index contributed by atoms with van der Waals surface area (Å²) in [5.74, 6) is -0.227. The van der Waals surface area contributed by atoms with Crippen LogP contribution < -0.4 is 10.1 Å². The van der Waals surface area contributed by atoms with E-state index < -0.39 is 5.97 Å². The minimum atomic E-state index is -0.919. The molecule has 2 aromatic rings. The molecule has 1 heterocycles. The number of hydrogen-bond acceptors (Lipinski definition) is 4. The first kappa shape index (κ1) is 16.1. The van der Waals surface area contributed by atoms with Gasteiger partial charge in [-0.25, -0.2) is 4.79 Å². The van der Waals surface area contributed by atoms with Gasteiger partial charge in [0.1, 0.15) is 0 Å². The third-order valence-corrected chi connectivity index (χ3v) is 4.39. The Morgan fingerprint density at radius 2 is 2.24 bits per heavy atom. The molecule has 0 radical (unpaired) electrons. The predicted octanol–water partition coefficient (Wildman–Crippen LogP) is 4.87. The lowest BCUT2D eigenvalue weighted by molar-refractivity contribution is 0.0697. The summed E-state index contributed by atoms with van der Waals surface area (Å²) in [6.45, 7) is 2.95. The summed E-state index contributed by atoms with van der Waals surface area (Å²) in [4.78, 5) is 11.8. The summed E-state index contributed by atoms with van der Waals surface area (Å²) < 4.78 is 6.37. The van der Waals surface area contributed by atoms with Crippen LogP contribution in [0.15, 0.2) is 28.1 Å². The molecule has 0 aliphatic heterocycles. The zero-order chi connectivity index (χ0) is 15.4. The standard InChI is InChI=1S/C14H13BrClNO3S/c1-2-20-13-11(15)4-9(16)5-12(13)17-6-10-3-8(7-21-10)14(18)19/h3-5,7,17H,2,6H2,1H3,(H,18,19). The summed E-state index contributed by atoms with van der Waals surface area (Å²) in [6, 6.07) is 5.20. The van der Waals surface area contributed by atoms with E-state index in [1.807, 2.05) is 6.92 Å². The van der Waals surface area contributed by atoms with Gasteiger partial charge < -0.3 is 15.2 Å². The quantitative estimate of drug-likeness (QED) is 0.738. The van der Waals surface area contributed by atoms with Crippen LogP contribution in [0.3, 0.4) is 0 Å². The average molecular weight is 391 g/mol. The van der Waals surface area contributed by atoms with Gasteiger partial charge in [-0.15, -0.1) is 11.3 Å². The first-order chi connectivity index (χ1) is 10.0. The number of halogens is 2. The Hall–Kier alpha value is -1.24. The highest BCUT2D eigenvalue weighted by atomic mass is 79.9. The molecule has 0 unspecified atom stereocenters. The Morgan fingerprint density at radius 3 is 2.86 bits per heavy atom. The van der Waals surface area contributed by atoms with Crippen molar-refractivity contribution in [3.63, 3.8) is 0 Å². The molecule has 0 aliphatic carbocycles. The smallest absolute Gasteiger partial charge is 0.336 e. The zero-order valence-electron chi connectivity index (χ0n) is 11.2. The number of anilines is 1. The zero-order valence-corrected chi connectivity index (χ0v) is 14.3. The van der Waals surface area contributed by atoms with E-state index in [9.17, 15) is 4.79 Å². The third kappa shape index (κ3) is 4.12. The summed E-state index contributed by atoms with van der Waals surface area (Å²) in [5.41, 5.74) is 1.07. The van der Waals surface area contributed by atoms with Crippen LogP contribution in [0, 0.1) is 0 Å². The third-order valence-electron chi connectivity index (χ3n) is 2.65. The van der Waals surface area contributed by atoms with E-state index in [-0.39, 0.29) is 0 Å². The van der Waals surface area contributed by atoms with Gasteiger partial charge in [-0.05, 0) is 41.1 Å². The highest BCUT2D eigenvalue weighted by Crippen LogP contribution is 2.37. The number of benzene rings is 1. The maximum Gasteiger partial charge on any atom is 0.336 e. The molecule has 7 heteroatoms. The Kier molecular flexibility index (Phi) is 5.50. The van der Waals surface area contributed by atoms with Crippen LogP contribution in [0.2, 0.25) is 5.02 Å². The fourth-order valence-corrected chi connectivity index (χ4v) is 3.47. The molecule has 0 fully saturated rings. The molecule has 0 aliphatic rings. The van der Waals surface area contributed by atoms with Crippen molar-refractivity contribution in [2.75, 3.05) is 11.9 Å². The maximum absolute atomic E-state index is 10.9. The Morgan fingerprint density at radius 1 is 1.48 bits per heavy atom. The number of aromatic carboxylic acids is 1. The van der Waals surface area contributed by atoms with Gasteiger partial charge in [0.15, 0.2) is 5.75 Å². The van der Waals surface area contributed by atoms with Crippen molar-refractivity contribution in [2.24, 2.45) is 0 Å². The van der Waals surface area contributed by atoms with E-state index in [1.54, 1.807) is 23.6 Å². The number of thiophene rings is 1. The van der Waals surface area contributed by atoms with Crippen LogP contribution >= 0.6 is 38.9 Å². The predicted molar refractivity (Wildman–Crippen MR) is 88.9 cm³/mol. The normalized spacial score (nSPS) is 10.4. The monoisotopic (exact) mass is 389 g/mol. The highest BCUT2D eigenvalue weighted by molar-refractivity contribution is 9.10. The minimum absolute atomic E-state index is 0.300. The van der Waals surface area contributed by atoms with Crippen molar-refractivity contribution in [1.82, 2.24) is 0 Å². The topological polar surface area (TPSA) is 58.6 Å². The van der Waals surface area contributed by atoms with Gasteiger partial charge in [0.05, 0.1) is 22.3 Å². The van der Waals surface area contributed by atoms with Crippen molar-refractivity contribution in [3.05, 3.63) is 43.5 Å². The molecule has 2 rings (SSSR count). The summed E-state index contributed by atoms with van der Waals surface area (Å²) in [5, 5.41) is 14.3. The van der Waals surface area contributed by atoms with Crippen molar-refractivity contribution >= 4 is 50.5 Å². The molecule has 0 saturated carbocycles. The van der Waals surface area contributed by atoms with Gasteiger partial charge in [0, 0.05) is 21.8 Å². The van der Waals surface area contributed by atoms with Crippen molar-refractivity contribution < 1.29 is 14.6 Å². The van der Waals surface area contributed by atoms with Gasteiger partial charge in [0.25, 0.3) is 0 Å². The molecular weight excluding hydrogens is 378 g/mol. The molecule has 4 nitrogen and oxygen atoms in total. The van der Waals surface area contributed by atoms with E-state index in [0.29, 0.717) is 29.5 Å². The molecule has 1 aromatic carbocycles. The Labute approximate surface area is 139 Å². The van der Waals surface area contributed by atoms with Crippen LogP contribution in [0.5, 0.6) is 5.75 Å². The molecule has 21 heavy (non-hydrogen) atoms. The largest absolute Gasteiger partial charge is 0.491 e. The van der Waals surface area contributed by atoms with E-state index in [0.717, 1.165) is 15.0 Å². The van der Waals surface area contributed by atoms with Crippen LogP contribution in [0.1, 0.15) is 22.2 Å². The number of nitrogens with one attached hydrogen (secondary N) is 1. The lowest BCUT2D eigenvalue weighted by Crippen LogP contribution is -2.02. The van der Waals surface area contributed by atoms with Gasteiger partial charge in [-0.2, -0.15) is 0 Å². The van der Waals surface area contributed by atoms with E-state index in [2.05, 4.69) is 21.2 Å². The Bertz CT molecular complexity index is 660. The number of carboxylic acids is 1. The van der Waals surface area contributed by atoms with E-state index in [1.165, 1.54) is 11.3 Å². The van der Waals surface area contributed by atoms with Crippen molar-refractivity contribution in [1.29, 1.82) is 0 Å². The molecule has 0 spiro atoms. The fraction of sp³-hybridized carbons (Fsp3) is 0.214. The van der Waals surface area contributed by atoms with Crippen LogP contribution in [-0.2, 0) is 6.54 Å². The first-order valence-electron chi connectivity index (χ1n) is 6.17. The van der Waals surface area contributed by atoms with Crippen LogP contribution in [0.4, 0.5) is 5.69 Å². The van der Waals surface area contributed by atoms with Gasteiger partial charge in [-0.3, -0.25) is 0 Å². The van der Waals surface area contributed by atoms with Crippen LogP contribution in [-0.4, -0.2) is 17.7 Å². The number of carbonyl (C=O) groups is 1. The summed E-state index contributed by atoms with van der Waals surface area (Å²) in [7, 11) is 0. The fourth-order valence-electron chi connectivity index (χ4n) is 1.75. The molecule has 0 bridgehead atoms. The number of carboxylic acid groups (broad SMARTS) is 1. The average Bonchev–Trinajstić information content (AvgIpc) is 2.89. The molecule has 112 valence electrons. The lowest BCUT2D eigenvalue weighted by atomic mass is 10.2.